The third kappa shape index (κ3) is 5.34. The molecule has 0 fully saturated rings. The van der Waals surface area contributed by atoms with Crippen molar-refractivity contribution >= 4 is 69.0 Å². The van der Waals surface area contributed by atoms with E-state index in [1.807, 2.05) is 24.3 Å². The maximum Gasteiger partial charge on any atom is 0.339 e. The first-order valence-electron chi connectivity index (χ1n) is 12.1. The summed E-state index contributed by atoms with van der Waals surface area (Å²) in [7, 11) is 0. The lowest BCUT2D eigenvalue weighted by Crippen LogP contribution is -2.30. The minimum atomic E-state index is -1.22. The zero-order chi connectivity index (χ0) is 27.7. The molecule has 0 radical (unpaired) electrons. The third-order valence-electron chi connectivity index (χ3n) is 6.44. The number of hydrogen-bond donors (Lipinski definition) is 1. The lowest BCUT2D eigenvalue weighted by atomic mass is 10.0. The number of nitrogens with zero attached hydrogens (tertiary/aromatic N) is 2. The number of nitrogens with one attached hydrogen (secondary N) is 1. The number of aromatic nitrogens is 1. The molecule has 1 atom stereocenters. The average Bonchev–Trinajstić information content (AvgIpc) is 3.31. The Bertz CT molecular complexity index is 1690. The second kappa shape index (κ2) is 10.8. The number of nitro benzene ring substituents is 1. The highest BCUT2D eigenvalue weighted by atomic mass is 35.5. The maximum atomic E-state index is 13.5. The summed E-state index contributed by atoms with van der Waals surface area (Å²) in [5, 5.41) is 15.3. The highest BCUT2D eigenvalue weighted by Gasteiger charge is 2.30. The first kappa shape index (κ1) is 26.3. The van der Waals surface area contributed by atoms with Crippen LogP contribution in [0.3, 0.4) is 0 Å². The smallest absolute Gasteiger partial charge is 0.339 e. The Kier molecular flexibility index (Phi) is 7.32. The molecule has 0 saturated heterocycles. The van der Waals surface area contributed by atoms with Crippen molar-refractivity contribution < 1.29 is 19.2 Å². The molecule has 0 unspecified atom stereocenters. The van der Waals surface area contributed by atoms with Crippen LogP contribution in [0.4, 0.5) is 11.4 Å². The largest absolute Gasteiger partial charge is 0.449 e. The SMILES string of the molecule is C[C@@H](OC(=O)c1c2c(nc3ccccc13)/C(=C/c1ccc(Cl)c(Cl)c1)CC2)C(=O)Nc1ccccc1[N+](=O)[O-]. The highest BCUT2D eigenvalue weighted by molar-refractivity contribution is 6.42. The minimum Gasteiger partial charge on any atom is -0.449 e. The molecule has 8 nitrogen and oxygen atoms in total. The van der Waals surface area contributed by atoms with Gasteiger partial charge in [0, 0.05) is 11.5 Å². The van der Waals surface area contributed by atoms with Gasteiger partial charge in [-0.15, -0.1) is 0 Å². The molecule has 1 heterocycles. The van der Waals surface area contributed by atoms with Crippen LogP contribution < -0.4 is 5.32 Å². The van der Waals surface area contributed by atoms with Gasteiger partial charge in [-0.2, -0.15) is 0 Å². The second-order valence-corrected chi connectivity index (χ2v) is 9.80. The van der Waals surface area contributed by atoms with Crippen LogP contribution in [0.2, 0.25) is 10.0 Å². The molecule has 3 aromatic carbocycles. The summed E-state index contributed by atoms with van der Waals surface area (Å²) in [6, 6.07) is 18.3. The Hall–Kier alpha value is -4.27. The van der Waals surface area contributed by atoms with E-state index in [4.69, 9.17) is 32.9 Å². The zero-order valence-electron chi connectivity index (χ0n) is 20.6. The van der Waals surface area contributed by atoms with Gasteiger partial charge in [0.2, 0.25) is 0 Å². The van der Waals surface area contributed by atoms with Gasteiger partial charge in [0.15, 0.2) is 6.10 Å². The number of rotatable bonds is 6. The fourth-order valence-electron chi connectivity index (χ4n) is 4.56. The number of carbonyl (C=O) groups excluding carboxylic acids is 2. The summed E-state index contributed by atoms with van der Waals surface area (Å²) in [4.78, 5) is 41.9. The van der Waals surface area contributed by atoms with Crippen LogP contribution in [0.25, 0.3) is 22.6 Å². The van der Waals surface area contributed by atoms with E-state index in [1.165, 1.54) is 25.1 Å². The van der Waals surface area contributed by atoms with E-state index in [2.05, 4.69) is 5.32 Å². The van der Waals surface area contributed by atoms with Crippen LogP contribution in [0.5, 0.6) is 0 Å². The van der Waals surface area contributed by atoms with Gasteiger partial charge in [0.05, 0.1) is 31.7 Å². The van der Waals surface area contributed by atoms with E-state index in [0.717, 1.165) is 16.7 Å². The molecule has 196 valence electrons. The summed E-state index contributed by atoms with van der Waals surface area (Å²) in [5.41, 5.74) is 3.92. The number of esters is 1. The number of benzene rings is 3. The van der Waals surface area contributed by atoms with Crippen molar-refractivity contribution in [2.75, 3.05) is 5.32 Å². The molecule has 5 rings (SSSR count). The van der Waals surface area contributed by atoms with Gasteiger partial charge in [-0.3, -0.25) is 14.9 Å². The number of nitro groups is 1. The van der Waals surface area contributed by atoms with Crippen LogP contribution in [-0.4, -0.2) is 27.9 Å². The third-order valence-corrected chi connectivity index (χ3v) is 7.18. The van der Waals surface area contributed by atoms with Gasteiger partial charge >= 0.3 is 5.97 Å². The number of pyridine rings is 1. The number of para-hydroxylation sites is 3. The van der Waals surface area contributed by atoms with Crippen molar-refractivity contribution in [1.29, 1.82) is 0 Å². The Labute approximate surface area is 233 Å². The minimum absolute atomic E-state index is 0.0164. The van der Waals surface area contributed by atoms with E-state index in [0.29, 0.717) is 45.0 Å². The second-order valence-electron chi connectivity index (χ2n) is 8.99. The van der Waals surface area contributed by atoms with Crippen LogP contribution in [-0.2, 0) is 16.0 Å². The van der Waals surface area contributed by atoms with Gasteiger partial charge in [-0.05, 0) is 66.8 Å². The Morgan fingerprint density at radius 3 is 2.56 bits per heavy atom. The van der Waals surface area contributed by atoms with Crippen molar-refractivity contribution in [2.24, 2.45) is 0 Å². The maximum absolute atomic E-state index is 13.5. The van der Waals surface area contributed by atoms with Crippen molar-refractivity contribution in [1.82, 2.24) is 4.98 Å². The molecular weight excluding hydrogens is 541 g/mol. The first-order chi connectivity index (χ1) is 18.7. The van der Waals surface area contributed by atoms with Crippen molar-refractivity contribution in [3.05, 3.63) is 109 Å². The molecule has 1 amide bonds. The average molecular weight is 562 g/mol. The summed E-state index contributed by atoms with van der Waals surface area (Å²) >= 11 is 12.2. The summed E-state index contributed by atoms with van der Waals surface area (Å²) in [6.07, 6.45) is 1.95. The predicted molar refractivity (Wildman–Crippen MR) is 151 cm³/mol. The first-order valence-corrected chi connectivity index (χ1v) is 12.8. The monoisotopic (exact) mass is 561 g/mol. The molecule has 1 aliphatic rings. The standard InChI is InChI=1S/C29H21Cl2N3O5/c1-16(28(35)33-24-8-4-5-9-25(24)34(37)38)39-29(36)26-19-6-2-3-7-23(19)32-27-18(11-12-20(26)27)14-17-10-13-21(30)22(31)15-17/h2-10,13-16H,11-12H2,1H3,(H,33,35)/b18-14+/t16-/m1/s1. The van der Waals surface area contributed by atoms with E-state index in [-0.39, 0.29) is 11.4 Å². The van der Waals surface area contributed by atoms with Crippen molar-refractivity contribution in [3.8, 4) is 0 Å². The zero-order valence-corrected chi connectivity index (χ0v) is 22.1. The lowest BCUT2D eigenvalue weighted by Gasteiger charge is -2.16. The quantitative estimate of drug-likeness (QED) is 0.152. The number of halogens is 2. The lowest BCUT2D eigenvalue weighted by molar-refractivity contribution is -0.383. The summed E-state index contributed by atoms with van der Waals surface area (Å²) in [6.45, 7) is 1.42. The van der Waals surface area contributed by atoms with E-state index >= 15 is 0 Å². The Morgan fingerprint density at radius 1 is 1.05 bits per heavy atom. The molecule has 0 bridgehead atoms. The summed E-state index contributed by atoms with van der Waals surface area (Å²) < 4.78 is 5.59. The van der Waals surface area contributed by atoms with E-state index < -0.39 is 22.9 Å². The van der Waals surface area contributed by atoms with E-state index in [1.54, 1.807) is 30.3 Å². The normalized spacial score (nSPS) is 14.2. The molecule has 4 aromatic rings. The number of allylic oxidation sites excluding steroid dienone is 1. The topological polar surface area (TPSA) is 111 Å². The number of anilines is 1. The van der Waals surface area contributed by atoms with Gasteiger partial charge < -0.3 is 10.1 Å². The molecule has 0 aliphatic heterocycles. The van der Waals surface area contributed by atoms with Crippen molar-refractivity contribution in [3.63, 3.8) is 0 Å². The predicted octanol–water partition coefficient (Wildman–Crippen LogP) is 7.12. The molecule has 1 N–H and O–H groups in total. The number of amides is 1. The van der Waals surface area contributed by atoms with Gasteiger partial charge in [-0.1, -0.05) is 59.6 Å². The molecule has 39 heavy (non-hydrogen) atoms. The Morgan fingerprint density at radius 2 is 1.79 bits per heavy atom. The molecule has 0 spiro atoms. The highest BCUT2D eigenvalue weighted by Crippen LogP contribution is 2.38. The molecule has 1 aliphatic carbocycles. The fraction of sp³-hybridized carbons (Fsp3) is 0.138. The van der Waals surface area contributed by atoms with Crippen LogP contribution in [0, 0.1) is 10.1 Å². The van der Waals surface area contributed by atoms with E-state index in [9.17, 15) is 19.7 Å². The number of carbonyl (C=O) groups is 2. The molecule has 0 saturated carbocycles. The Balaban J connectivity index is 1.46. The molecule has 10 heteroatoms. The van der Waals surface area contributed by atoms with Crippen LogP contribution in [0.1, 0.15) is 40.5 Å². The van der Waals surface area contributed by atoms with Gasteiger partial charge in [0.1, 0.15) is 5.69 Å². The molecule has 1 aromatic heterocycles. The van der Waals surface area contributed by atoms with Crippen LogP contribution in [0.15, 0.2) is 66.7 Å². The van der Waals surface area contributed by atoms with Gasteiger partial charge in [0.25, 0.3) is 11.6 Å². The van der Waals surface area contributed by atoms with Gasteiger partial charge in [-0.25, -0.2) is 9.78 Å². The molecular formula is C29H21Cl2N3O5. The number of ether oxygens (including phenoxy) is 1. The van der Waals surface area contributed by atoms with Crippen molar-refractivity contribution in [2.45, 2.75) is 25.9 Å². The van der Waals surface area contributed by atoms with Crippen LogP contribution >= 0.6 is 23.2 Å². The number of hydrogen-bond acceptors (Lipinski definition) is 6. The summed E-state index contributed by atoms with van der Waals surface area (Å²) in [5.74, 6) is -1.36. The number of fused-ring (bicyclic) bond motifs is 2. The fourth-order valence-corrected chi connectivity index (χ4v) is 4.87.